The fraction of sp³-hybridized carbons (Fsp3) is 0.167. The fourth-order valence-corrected chi connectivity index (χ4v) is 3.67. The number of hydrogen-bond donors (Lipinski definition) is 0. The van der Waals surface area contributed by atoms with Crippen molar-refractivity contribution in [2.24, 2.45) is 12.0 Å². The van der Waals surface area contributed by atoms with E-state index in [1.807, 2.05) is 23.7 Å². The number of thiazole rings is 1. The van der Waals surface area contributed by atoms with Gasteiger partial charge in [-0.15, -0.1) is 0 Å². The van der Waals surface area contributed by atoms with E-state index in [0.717, 1.165) is 10.2 Å². The lowest BCUT2D eigenvalue weighted by Crippen LogP contribution is -2.13. The van der Waals surface area contributed by atoms with E-state index in [2.05, 4.69) is 9.73 Å². The van der Waals surface area contributed by atoms with Crippen molar-refractivity contribution >= 4 is 33.4 Å². The lowest BCUT2D eigenvalue weighted by molar-refractivity contribution is 0.0600. The number of ether oxygens (including phenoxy) is 3. The first-order chi connectivity index (χ1) is 12.6. The summed E-state index contributed by atoms with van der Waals surface area (Å²) in [7, 11) is 3.15. The van der Waals surface area contributed by atoms with E-state index in [0.29, 0.717) is 27.4 Å². The van der Waals surface area contributed by atoms with Crippen LogP contribution in [0.3, 0.4) is 0 Å². The molecule has 0 spiro atoms. The molecule has 0 aliphatic carbocycles. The number of esters is 1. The predicted octanol–water partition coefficient (Wildman–Crippen LogP) is 2.50. The zero-order valence-corrected chi connectivity index (χ0v) is 14.8. The zero-order chi connectivity index (χ0) is 18.3. The van der Waals surface area contributed by atoms with Crippen molar-refractivity contribution < 1.29 is 23.8 Å². The maximum absolute atomic E-state index is 12.5. The lowest BCUT2D eigenvalue weighted by Gasteiger charge is -2.00. The van der Waals surface area contributed by atoms with Crippen LogP contribution in [0, 0.1) is 0 Å². The van der Waals surface area contributed by atoms with E-state index in [1.165, 1.54) is 18.4 Å². The fourth-order valence-electron chi connectivity index (χ4n) is 2.64. The summed E-state index contributed by atoms with van der Waals surface area (Å²) >= 11 is 1.39. The van der Waals surface area contributed by atoms with Gasteiger partial charge in [-0.05, 0) is 24.3 Å². The first-order valence-corrected chi connectivity index (χ1v) is 8.55. The van der Waals surface area contributed by atoms with Gasteiger partial charge in [0.15, 0.2) is 16.3 Å². The summed E-state index contributed by atoms with van der Waals surface area (Å²) in [6, 6.07) is 9.96. The number of rotatable bonds is 2. The molecular formula is C18H14N2O5S. The van der Waals surface area contributed by atoms with E-state index < -0.39 is 5.97 Å². The largest absolute Gasteiger partial charge is 0.465 e. The number of methoxy groups -OCH3 is 1. The van der Waals surface area contributed by atoms with Crippen LogP contribution in [0.2, 0.25) is 0 Å². The third-order valence-corrected chi connectivity index (χ3v) is 5.15. The van der Waals surface area contributed by atoms with E-state index >= 15 is 0 Å². The molecule has 1 aromatic heterocycles. The molecule has 0 saturated heterocycles. The van der Waals surface area contributed by atoms with E-state index in [-0.39, 0.29) is 12.7 Å². The van der Waals surface area contributed by atoms with Gasteiger partial charge in [0, 0.05) is 24.7 Å². The summed E-state index contributed by atoms with van der Waals surface area (Å²) in [5.41, 5.74) is 1.68. The highest BCUT2D eigenvalue weighted by atomic mass is 32.1. The number of aromatic nitrogens is 1. The van der Waals surface area contributed by atoms with Crippen LogP contribution in [0.15, 0.2) is 41.4 Å². The molecule has 0 unspecified atom stereocenters. The van der Waals surface area contributed by atoms with Crippen molar-refractivity contribution in [3.05, 3.63) is 52.3 Å². The van der Waals surface area contributed by atoms with Crippen LogP contribution >= 0.6 is 11.3 Å². The quantitative estimate of drug-likeness (QED) is 0.648. The minimum Gasteiger partial charge on any atom is -0.465 e. The van der Waals surface area contributed by atoms with E-state index in [4.69, 9.17) is 9.47 Å². The van der Waals surface area contributed by atoms with Crippen LogP contribution in [0.1, 0.15) is 20.7 Å². The summed E-state index contributed by atoms with van der Waals surface area (Å²) in [4.78, 5) is 28.7. The molecule has 8 heteroatoms. The van der Waals surface area contributed by atoms with Crippen LogP contribution < -0.4 is 14.3 Å². The van der Waals surface area contributed by atoms with Crippen molar-refractivity contribution in [1.82, 2.24) is 4.57 Å². The van der Waals surface area contributed by atoms with Crippen LogP contribution in [0.25, 0.3) is 10.2 Å². The molecular weight excluding hydrogens is 356 g/mol. The van der Waals surface area contributed by atoms with Gasteiger partial charge in [-0.2, -0.15) is 4.99 Å². The maximum atomic E-state index is 12.5. The third-order valence-electron chi connectivity index (χ3n) is 4.05. The van der Waals surface area contributed by atoms with Crippen LogP contribution in [0.5, 0.6) is 11.5 Å². The Bertz CT molecular complexity index is 1100. The maximum Gasteiger partial charge on any atom is 0.337 e. The highest BCUT2D eigenvalue weighted by molar-refractivity contribution is 7.16. The van der Waals surface area contributed by atoms with E-state index in [9.17, 15) is 9.59 Å². The molecule has 26 heavy (non-hydrogen) atoms. The molecule has 3 aromatic rings. The number of carbonyl (C=O) groups excluding carboxylic acids is 2. The average Bonchev–Trinajstić information content (AvgIpc) is 3.24. The number of fused-ring (bicyclic) bond motifs is 2. The van der Waals surface area contributed by atoms with Crippen LogP contribution in [-0.2, 0) is 11.8 Å². The normalized spacial score (nSPS) is 13.2. The van der Waals surface area contributed by atoms with Crippen LogP contribution in [0.4, 0.5) is 0 Å². The monoisotopic (exact) mass is 370 g/mol. The minimum absolute atomic E-state index is 0.216. The number of hydrogen-bond acceptors (Lipinski definition) is 6. The van der Waals surface area contributed by atoms with Crippen molar-refractivity contribution in [1.29, 1.82) is 0 Å². The Morgan fingerprint density at radius 1 is 1.12 bits per heavy atom. The second-order valence-electron chi connectivity index (χ2n) is 5.60. The molecule has 2 heterocycles. The molecule has 0 N–H and O–H groups in total. The summed E-state index contributed by atoms with van der Waals surface area (Å²) < 4.78 is 18.2. The van der Waals surface area contributed by atoms with Crippen molar-refractivity contribution in [3.8, 4) is 11.5 Å². The highest BCUT2D eigenvalue weighted by Gasteiger charge is 2.17. The molecule has 0 bridgehead atoms. The van der Waals surface area contributed by atoms with Gasteiger partial charge in [-0.1, -0.05) is 11.3 Å². The molecule has 0 atom stereocenters. The molecule has 0 saturated carbocycles. The number of benzene rings is 2. The number of nitrogens with zero attached hydrogens (tertiary/aromatic N) is 2. The predicted molar refractivity (Wildman–Crippen MR) is 94.6 cm³/mol. The second kappa shape index (κ2) is 6.30. The smallest absolute Gasteiger partial charge is 0.337 e. The van der Waals surface area contributed by atoms with Gasteiger partial charge in [0.1, 0.15) is 0 Å². The summed E-state index contributed by atoms with van der Waals surface area (Å²) in [5.74, 6) is 0.538. The van der Waals surface area contributed by atoms with Crippen molar-refractivity contribution in [2.75, 3.05) is 13.9 Å². The Kier molecular flexibility index (Phi) is 3.96. The zero-order valence-electron chi connectivity index (χ0n) is 14.0. The number of amides is 1. The lowest BCUT2D eigenvalue weighted by atomic mass is 10.1. The molecule has 4 rings (SSSR count). The van der Waals surface area contributed by atoms with Gasteiger partial charge in [0.25, 0.3) is 5.91 Å². The molecule has 1 amide bonds. The van der Waals surface area contributed by atoms with Gasteiger partial charge < -0.3 is 18.8 Å². The number of aryl methyl sites for hydroxylation is 1. The number of carbonyl (C=O) groups is 2. The van der Waals surface area contributed by atoms with Crippen LogP contribution in [-0.4, -0.2) is 30.3 Å². The molecule has 0 radical (unpaired) electrons. The Hall–Kier alpha value is -3.13. The molecule has 1 aliphatic heterocycles. The van der Waals surface area contributed by atoms with Gasteiger partial charge in [-0.25, -0.2) is 4.79 Å². The van der Waals surface area contributed by atoms with Crippen molar-refractivity contribution in [2.45, 2.75) is 0 Å². The Morgan fingerprint density at radius 3 is 2.46 bits per heavy atom. The van der Waals surface area contributed by atoms with Gasteiger partial charge in [0.2, 0.25) is 6.79 Å². The van der Waals surface area contributed by atoms with Gasteiger partial charge in [0.05, 0.1) is 22.9 Å². The second-order valence-corrected chi connectivity index (χ2v) is 6.61. The topological polar surface area (TPSA) is 79.1 Å². The van der Waals surface area contributed by atoms with E-state index in [1.54, 1.807) is 24.3 Å². The summed E-state index contributed by atoms with van der Waals surface area (Å²) in [6.45, 7) is 0.216. The molecule has 0 fully saturated rings. The first kappa shape index (κ1) is 16.3. The Balaban J connectivity index is 1.70. The summed E-state index contributed by atoms with van der Waals surface area (Å²) in [6.07, 6.45) is 0. The minimum atomic E-state index is -0.450. The Labute approximate surface area is 152 Å². The first-order valence-electron chi connectivity index (χ1n) is 7.73. The molecule has 7 nitrogen and oxygen atoms in total. The SMILES string of the molecule is COC(=O)c1ccc(C(=O)N=c2sc3cc4c(cc3n2C)OCO4)cc1. The Morgan fingerprint density at radius 2 is 1.77 bits per heavy atom. The molecule has 1 aliphatic rings. The third kappa shape index (κ3) is 2.74. The highest BCUT2D eigenvalue weighted by Crippen LogP contribution is 2.36. The standard InChI is InChI=1S/C18H14N2O5S/c1-20-12-7-13-14(25-9-24-13)8-15(12)26-18(20)19-16(21)10-3-5-11(6-4-10)17(22)23-2/h3-8H,9H2,1-2H3. The average molecular weight is 370 g/mol. The van der Waals surface area contributed by atoms with Crippen molar-refractivity contribution in [3.63, 3.8) is 0 Å². The van der Waals surface area contributed by atoms with Gasteiger partial charge >= 0.3 is 5.97 Å². The molecule has 132 valence electrons. The summed E-state index contributed by atoms with van der Waals surface area (Å²) in [5, 5.41) is 0. The van der Waals surface area contributed by atoms with Gasteiger partial charge in [-0.3, -0.25) is 4.79 Å². The molecule has 2 aromatic carbocycles.